The van der Waals surface area contributed by atoms with Crippen LogP contribution in [-0.2, 0) is 0 Å². The van der Waals surface area contributed by atoms with E-state index in [1.165, 1.54) is 32.4 Å². The summed E-state index contributed by atoms with van der Waals surface area (Å²) in [4.78, 5) is 14.0. The van der Waals surface area contributed by atoms with Crippen molar-refractivity contribution in [2.24, 2.45) is 0 Å². The summed E-state index contributed by atoms with van der Waals surface area (Å²) >= 11 is 11.4. The monoisotopic (exact) mass is 275 g/mol. The van der Waals surface area contributed by atoms with Crippen LogP contribution in [0, 0.1) is 0 Å². The fraction of sp³-hybridized carbons (Fsp3) is 0.700. The molecule has 17 heavy (non-hydrogen) atoms. The maximum Gasteiger partial charge on any atom is 0.228 e. The lowest BCUT2D eigenvalue weighted by atomic mass is 10.1. The van der Waals surface area contributed by atoms with Gasteiger partial charge >= 0.3 is 0 Å². The first-order chi connectivity index (χ1) is 8.24. The lowest BCUT2D eigenvalue weighted by molar-refractivity contribution is 0.237. The summed E-state index contributed by atoms with van der Waals surface area (Å²) in [5.41, 5.74) is 0. The van der Waals surface area contributed by atoms with E-state index in [9.17, 15) is 0 Å². The Bertz CT molecular complexity index is 347. The summed E-state index contributed by atoms with van der Waals surface area (Å²) in [6, 6.07) is 0. The predicted molar refractivity (Wildman–Crippen MR) is 68.6 cm³/mol. The molecule has 94 valence electrons. The zero-order chi connectivity index (χ0) is 12.1. The zero-order valence-electron chi connectivity index (χ0n) is 9.49. The Morgan fingerprint density at radius 2 is 1.65 bits per heavy atom. The highest BCUT2D eigenvalue weighted by molar-refractivity contribution is 6.31. The summed E-state index contributed by atoms with van der Waals surface area (Å²) in [6.07, 6.45) is 3.94. The predicted octanol–water partition coefficient (Wildman–Crippen LogP) is 2.08. The zero-order valence-corrected chi connectivity index (χ0v) is 11.0. The number of nitrogens with zero attached hydrogens (tertiary/aromatic N) is 4. The number of rotatable bonds is 4. The Morgan fingerprint density at radius 3 is 2.29 bits per heavy atom. The maximum absolute atomic E-state index is 5.68. The van der Waals surface area contributed by atoms with Gasteiger partial charge in [-0.05, 0) is 49.1 Å². The Hall–Kier alpha value is -0.650. The van der Waals surface area contributed by atoms with Gasteiger partial charge in [0, 0.05) is 13.1 Å². The van der Waals surface area contributed by atoms with Gasteiger partial charge in [0.1, 0.15) is 0 Å². The van der Waals surface area contributed by atoms with Crippen LogP contribution in [0.25, 0.3) is 0 Å². The van der Waals surface area contributed by atoms with Crippen molar-refractivity contribution >= 4 is 29.2 Å². The number of nitrogens with one attached hydrogen (secondary N) is 1. The van der Waals surface area contributed by atoms with E-state index >= 15 is 0 Å². The molecule has 0 unspecified atom stereocenters. The molecule has 1 aromatic rings. The molecule has 1 saturated heterocycles. The lowest BCUT2D eigenvalue weighted by Crippen LogP contribution is -2.33. The van der Waals surface area contributed by atoms with Crippen molar-refractivity contribution in [3.8, 4) is 0 Å². The van der Waals surface area contributed by atoms with Crippen molar-refractivity contribution in [1.82, 2.24) is 19.9 Å². The molecule has 1 aliphatic rings. The summed E-state index contributed by atoms with van der Waals surface area (Å²) < 4.78 is 0. The molecule has 0 bridgehead atoms. The third kappa shape index (κ3) is 4.26. The summed E-state index contributed by atoms with van der Waals surface area (Å²) in [7, 11) is 0. The van der Waals surface area contributed by atoms with Crippen molar-refractivity contribution in [3.05, 3.63) is 10.6 Å². The van der Waals surface area contributed by atoms with Crippen LogP contribution in [0.4, 0.5) is 5.95 Å². The molecule has 1 aliphatic heterocycles. The Labute approximate surface area is 111 Å². The number of piperidine rings is 1. The number of hydrogen-bond donors (Lipinski definition) is 1. The van der Waals surface area contributed by atoms with Crippen molar-refractivity contribution in [3.63, 3.8) is 0 Å². The molecule has 0 amide bonds. The van der Waals surface area contributed by atoms with Crippen molar-refractivity contribution in [1.29, 1.82) is 0 Å². The van der Waals surface area contributed by atoms with Crippen LogP contribution in [0.1, 0.15) is 19.3 Å². The van der Waals surface area contributed by atoms with Gasteiger partial charge in [-0.3, -0.25) is 0 Å². The highest BCUT2D eigenvalue weighted by atomic mass is 35.5. The van der Waals surface area contributed by atoms with Crippen LogP contribution < -0.4 is 5.32 Å². The number of halogens is 2. The average Bonchev–Trinajstić information content (AvgIpc) is 2.29. The van der Waals surface area contributed by atoms with Crippen LogP contribution in [0.5, 0.6) is 0 Å². The Kier molecular flexibility index (Phi) is 4.76. The second-order valence-corrected chi connectivity index (χ2v) is 4.70. The van der Waals surface area contributed by atoms with E-state index in [0.717, 1.165) is 13.1 Å². The second-order valence-electron chi connectivity index (χ2n) is 4.03. The number of hydrogen-bond acceptors (Lipinski definition) is 5. The first-order valence-corrected chi connectivity index (χ1v) is 6.53. The SMILES string of the molecule is Clc1nc(Cl)nc(NCCN2CCCCC2)n1. The molecule has 0 radical (unpaired) electrons. The number of likely N-dealkylation sites (tertiary alicyclic amines) is 1. The molecule has 1 aromatic heterocycles. The molecule has 7 heteroatoms. The Morgan fingerprint density at radius 1 is 1.00 bits per heavy atom. The minimum atomic E-state index is 0.116. The molecule has 0 saturated carbocycles. The third-order valence-corrected chi connectivity index (χ3v) is 3.08. The van der Waals surface area contributed by atoms with Crippen molar-refractivity contribution in [2.75, 3.05) is 31.5 Å². The fourth-order valence-electron chi connectivity index (χ4n) is 1.91. The van der Waals surface area contributed by atoms with Crippen LogP contribution in [0.3, 0.4) is 0 Å². The van der Waals surface area contributed by atoms with E-state index in [0.29, 0.717) is 5.95 Å². The topological polar surface area (TPSA) is 53.9 Å². The van der Waals surface area contributed by atoms with E-state index in [1.54, 1.807) is 0 Å². The first-order valence-electron chi connectivity index (χ1n) is 5.77. The molecule has 1 fully saturated rings. The standard InChI is InChI=1S/C10H15Cl2N5/c11-8-14-9(12)16-10(15-8)13-4-7-17-5-2-1-3-6-17/h1-7H2,(H,13,14,15,16). The van der Waals surface area contributed by atoms with E-state index in [-0.39, 0.29) is 10.6 Å². The normalized spacial score (nSPS) is 17.1. The first kappa shape index (κ1) is 12.8. The third-order valence-electron chi connectivity index (χ3n) is 2.74. The highest BCUT2D eigenvalue weighted by Gasteiger charge is 2.09. The molecule has 5 nitrogen and oxygen atoms in total. The van der Waals surface area contributed by atoms with E-state index in [1.807, 2.05) is 0 Å². The van der Waals surface area contributed by atoms with Gasteiger partial charge in [0.15, 0.2) is 0 Å². The van der Waals surface area contributed by atoms with Gasteiger partial charge in [0.25, 0.3) is 0 Å². The minimum Gasteiger partial charge on any atom is -0.353 e. The largest absolute Gasteiger partial charge is 0.353 e. The quantitative estimate of drug-likeness (QED) is 0.912. The van der Waals surface area contributed by atoms with Gasteiger partial charge in [0.2, 0.25) is 16.5 Å². The molecule has 0 spiro atoms. The highest BCUT2D eigenvalue weighted by Crippen LogP contribution is 2.10. The van der Waals surface area contributed by atoms with Gasteiger partial charge in [-0.25, -0.2) is 0 Å². The maximum atomic E-state index is 5.68. The number of aromatic nitrogens is 3. The van der Waals surface area contributed by atoms with E-state index < -0.39 is 0 Å². The van der Waals surface area contributed by atoms with Gasteiger partial charge in [0.05, 0.1) is 0 Å². The van der Waals surface area contributed by atoms with Crippen LogP contribution in [0.2, 0.25) is 10.6 Å². The summed E-state index contributed by atoms with van der Waals surface area (Å²) in [5, 5.41) is 3.33. The van der Waals surface area contributed by atoms with Gasteiger partial charge < -0.3 is 10.2 Å². The second kappa shape index (κ2) is 6.33. The van der Waals surface area contributed by atoms with Gasteiger partial charge in [-0.2, -0.15) is 15.0 Å². The molecule has 1 N–H and O–H groups in total. The minimum absolute atomic E-state index is 0.116. The molecular formula is C10H15Cl2N5. The summed E-state index contributed by atoms with van der Waals surface area (Å²) in [5.74, 6) is 0.437. The molecule has 2 heterocycles. The van der Waals surface area contributed by atoms with Crippen LogP contribution in [0.15, 0.2) is 0 Å². The molecule has 0 atom stereocenters. The number of anilines is 1. The lowest BCUT2D eigenvalue weighted by Gasteiger charge is -2.26. The fourth-order valence-corrected chi connectivity index (χ4v) is 2.28. The van der Waals surface area contributed by atoms with Gasteiger partial charge in [-0.15, -0.1) is 0 Å². The van der Waals surface area contributed by atoms with E-state index in [4.69, 9.17) is 23.2 Å². The van der Waals surface area contributed by atoms with Gasteiger partial charge in [-0.1, -0.05) is 6.42 Å². The summed E-state index contributed by atoms with van der Waals surface area (Å²) in [6.45, 7) is 4.14. The van der Waals surface area contributed by atoms with Crippen LogP contribution >= 0.6 is 23.2 Å². The van der Waals surface area contributed by atoms with Crippen molar-refractivity contribution < 1.29 is 0 Å². The molecule has 0 aliphatic carbocycles. The molecular weight excluding hydrogens is 261 g/mol. The molecule has 2 rings (SSSR count). The molecule has 0 aromatic carbocycles. The Balaban J connectivity index is 1.77. The average molecular weight is 276 g/mol. The van der Waals surface area contributed by atoms with Crippen molar-refractivity contribution in [2.45, 2.75) is 19.3 Å². The smallest absolute Gasteiger partial charge is 0.228 e. The van der Waals surface area contributed by atoms with Crippen LogP contribution in [-0.4, -0.2) is 46.0 Å². The van der Waals surface area contributed by atoms with E-state index in [2.05, 4.69) is 25.2 Å².